The zero-order chi connectivity index (χ0) is 22.8. The molecule has 0 atom stereocenters. The van der Waals surface area contributed by atoms with Crippen LogP contribution < -0.4 is 0 Å². The SMILES string of the molecule is Cc1cc(C)c(-c2cc(-c3c(-c4ccccc4)cccc3-c3ccccc3)ccn2)c(C)n1. The van der Waals surface area contributed by atoms with Crippen molar-refractivity contribution < 1.29 is 0 Å². The average molecular weight is 427 g/mol. The van der Waals surface area contributed by atoms with Crippen molar-refractivity contribution in [3.63, 3.8) is 0 Å². The molecule has 2 aromatic heterocycles. The number of aryl methyl sites for hydroxylation is 3. The second kappa shape index (κ2) is 8.84. The van der Waals surface area contributed by atoms with Gasteiger partial charge in [0.15, 0.2) is 0 Å². The lowest BCUT2D eigenvalue weighted by atomic mass is 9.87. The molecule has 2 heteroatoms. The molecule has 0 bridgehead atoms. The fourth-order valence-electron chi connectivity index (χ4n) is 4.71. The summed E-state index contributed by atoms with van der Waals surface area (Å²) in [6.07, 6.45) is 1.92. The predicted octanol–water partition coefficient (Wildman–Crippen LogP) is 8.07. The van der Waals surface area contributed by atoms with E-state index < -0.39 is 0 Å². The first kappa shape index (κ1) is 20.8. The van der Waals surface area contributed by atoms with Crippen LogP contribution in [0, 0.1) is 20.8 Å². The van der Waals surface area contributed by atoms with E-state index in [1.807, 2.05) is 13.1 Å². The Morgan fingerprint density at radius 3 is 1.73 bits per heavy atom. The summed E-state index contributed by atoms with van der Waals surface area (Å²) in [5, 5.41) is 0. The molecule has 0 amide bonds. The van der Waals surface area contributed by atoms with Gasteiger partial charge < -0.3 is 0 Å². The zero-order valence-electron chi connectivity index (χ0n) is 19.2. The fourth-order valence-corrected chi connectivity index (χ4v) is 4.71. The minimum Gasteiger partial charge on any atom is -0.258 e. The molecule has 0 aliphatic heterocycles. The largest absolute Gasteiger partial charge is 0.258 e. The van der Waals surface area contributed by atoms with Gasteiger partial charge in [0.25, 0.3) is 0 Å². The van der Waals surface area contributed by atoms with E-state index in [2.05, 4.69) is 111 Å². The van der Waals surface area contributed by atoms with Gasteiger partial charge in [-0.05, 0) is 77.9 Å². The van der Waals surface area contributed by atoms with Crippen molar-refractivity contribution in [1.82, 2.24) is 9.97 Å². The number of hydrogen-bond donors (Lipinski definition) is 0. The van der Waals surface area contributed by atoms with Crippen molar-refractivity contribution >= 4 is 0 Å². The van der Waals surface area contributed by atoms with Gasteiger partial charge in [-0.25, -0.2) is 0 Å². The number of benzene rings is 3. The fraction of sp³-hybridized carbons (Fsp3) is 0.0968. The van der Waals surface area contributed by atoms with E-state index >= 15 is 0 Å². The van der Waals surface area contributed by atoms with Crippen molar-refractivity contribution in [1.29, 1.82) is 0 Å². The molecular weight excluding hydrogens is 400 g/mol. The van der Waals surface area contributed by atoms with E-state index in [0.717, 1.165) is 28.2 Å². The Labute approximate surface area is 195 Å². The first-order valence-corrected chi connectivity index (χ1v) is 11.3. The third-order valence-electron chi connectivity index (χ3n) is 6.06. The molecule has 0 N–H and O–H groups in total. The molecule has 0 spiro atoms. The third-order valence-corrected chi connectivity index (χ3v) is 6.06. The molecule has 0 radical (unpaired) electrons. The molecule has 0 unspecified atom stereocenters. The summed E-state index contributed by atoms with van der Waals surface area (Å²) in [6.45, 7) is 6.24. The Morgan fingerprint density at radius 1 is 0.545 bits per heavy atom. The lowest BCUT2D eigenvalue weighted by Gasteiger charge is -2.17. The highest BCUT2D eigenvalue weighted by Gasteiger charge is 2.16. The van der Waals surface area contributed by atoms with Crippen LogP contribution in [0.5, 0.6) is 0 Å². The predicted molar refractivity (Wildman–Crippen MR) is 138 cm³/mol. The highest BCUT2D eigenvalue weighted by Crippen LogP contribution is 2.41. The molecule has 3 aromatic carbocycles. The minimum absolute atomic E-state index is 0.955. The van der Waals surface area contributed by atoms with Crippen LogP contribution in [0.4, 0.5) is 0 Å². The van der Waals surface area contributed by atoms with Gasteiger partial charge in [0.1, 0.15) is 0 Å². The molecular formula is C31H26N2. The topological polar surface area (TPSA) is 25.8 Å². The van der Waals surface area contributed by atoms with Gasteiger partial charge in [0.05, 0.1) is 5.69 Å². The van der Waals surface area contributed by atoms with E-state index in [9.17, 15) is 0 Å². The molecule has 0 saturated heterocycles. The molecule has 33 heavy (non-hydrogen) atoms. The number of rotatable bonds is 4. The average Bonchev–Trinajstić information content (AvgIpc) is 2.84. The Bertz CT molecular complexity index is 1340. The lowest BCUT2D eigenvalue weighted by Crippen LogP contribution is -1.97. The number of nitrogens with zero attached hydrogens (tertiary/aromatic N) is 2. The van der Waals surface area contributed by atoms with E-state index in [4.69, 9.17) is 9.97 Å². The maximum Gasteiger partial charge on any atom is 0.0729 e. The van der Waals surface area contributed by atoms with Crippen LogP contribution in [0.15, 0.2) is 103 Å². The Hall–Kier alpha value is -4.04. The maximum atomic E-state index is 4.75. The third kappa shape index (κ3) is 4.08. The van der Waals surface area contributed by atoms with Gasteiger partial charge in [0, 0.05) is 23.1 Å². The summed E-state index contributed by atoms with van der Waals surface area (Å²) in [6, 6.07) is 34.2. The molecule has 5 aromatic rings. The molecule has 160 valence electrons. The van der Waals surface area contributed by atoms with Crippen LogP contribution in [-0.2, 0) is 0 Å². The molecule has 0 fully saturated rings. The van der Waals surface area contributed by atoms with Crippen molar-refractivity contribution in [2.75, 3.05) is 0 Å². The summed E-state index contributed by atoms with van der Waals surface area (Å²) in [5.74, 6) is 0. The van der Waals surface area contributed by atoms with Crippen LogP contribution in [0.2, 0.25) is 0 Å². The highest BCUT2D eigenvalue weighted by molar-refractivity contribution is 5.95. The Morgan fingerprint density at radius 2 is 1.15 bits per heavy atom. The van der Waals surface area contributed by atoms with Gasteiger partial charge in [-0.1, -0.05) is 78.9 Å². The molecule has 5 rings (SSSR count). The second-order valence-corrected chi connectivity index (χ2v) is 8.43. The number of aromatic nitrogens is 2. The summed E-state index contributed by atoms with van der Waals surface area (Å²) >= 11 is 0. The summed E-state index contributed by atoms with van der Waals surface area (Å²) < 4.78 is 0. The number of hydrogen-bond acceptors (Lipinski definition) is 2. The van der Waals surface area contributed by atoms with Gasteiger partial charge >= 0.3 is 0 Å². The summed E-state index contributed by atoms with van der Waals surface area (Å²) in [5.41, 5.74) is 12.5. The van der Waals surface area contributed by atoms with Crippen molar-refractivity contribution in [3.05, 3.63) is 120 Å². The van der Waals surface area contributed by atoms with Crippen LogP contribution >= 0.6 is 0 Å². The van der Waals surface area contributed by atoms with Crippen LogP contribution in [-0.4, -0.2) is 9.97 Å². The lowest BCUT2D eigenvalue weighted by molar-refractivity contribution is 1.10. The zero-order valence-corrected chi connectivity index (χ0v) is 19.2. The van der Waals surface area contributed by atoms with E-state index in [0.29, 0.717) is 0 Å². The number of pyridine rings is 2. The van der Waals surface area contributed by atoms with Crippen molar-refractivity contribution in [3.8, 4) is 44.6 Å². The Balaban J connectivity index is 1.77. The molecule has 0 aliphatic carbocycles. The first-order chi connectivity index (χ1) is 16.1. The van der Waals surface area contributed by atoms with Crippen LogP contribution in [0.3, 0.4) is 0 Å². The standard InChI is InChI=1S/C31H26N2/c1-21-19-22(2)33-23(3)30(21)29-20-26(17-18-32-29)31-27(24-11-6-4-7-12-24)15-10-16-28(31)25-13-8-5-9-14-25/h4-20H,1-3H3. The normalized spacial score (nSPS) is 10.9. The monoisotopic (exact) mass is 426 g/mol. The summed E-state index contributed by atoms with van der Waals surface area (Å²) in [4.78, 5) is 9.45. The Kier molecular flexibility index (Phi) is 5.58. The molecule has 2 heterocycles. The smallest absolute Gasteiger partial charge is 0.0729 e. The first-order valence-electron chi connectivity index (χ1n) is 11.3. The van der Waals surface area contributed by atoms with E-state index in [1.165, 1.54) is 33.4 Å². The van der Waals surface area contributed by atoms with Crippen molar-refractivity contribution in [2.45, 2.75) is 20.8 Å². The molecule has 2 nitrogen and oxygen atoms in total. The van der Waals surface area contributed by atoms with E-state index in [1.54, 1.807) is 0 Å². The van der Waals surface area contributed by atoms with E-state index in [-0.39, 0.29) is 0 Å². The maximum absolute atomic E-state index is 4.75. The van der Waals surface area contributed by atoms with Crippen molar-refractivity contribution in [2.24, 2.45) is 0 Å². The van der Waals surface area contributed by atoms with Gasteiger partial charge in [-0.15, -0.1) is 0 Å². The highest BCUT2D eigenvalue weighted by atomic mass is 14.7. The van der Waals surface area contributed by atoms with Crippen LogP contribution in [0.25, 0.3) is 44.6 Å². The summed E-state index contributed by atoms with van der Waals surface area (Å²) in [7, 11) is 0. The molecule has 0 saturated carbocycles. The second-order valence-electron chi connectivity index (χ2n) is 8.43. The van der Waals surface area contributed by atoms with Gasteiger partial charge in [-0.2, -0.15) is 0 Å². The van der Waals surface area contributed by atoms with Gasteiger partial charge in [0.2, 0.25) is 0 Å². The van der Waals surface area contributed by atoms with Crippen LogP contribution in [0.1, 0.15) is 17.0 Å². The van der Waals surface area contributed by atoms with Gasteiger partial charge in [-0.3, -0.25) is 9.97 Å². The minimum atomic E-state index is 0.955. The quantitative estimate of drug-likeness (QED) is 0.290. The molecule has 0 aliphatic rings.